The summed E-state index contributed by atoms with van der Waals surface area (Å²) in [5.41, 5.74) is 6.72. The van der Waals surface area contributed by atoms with Crippen molar-refractivity contribution in [2.24, 2.45) is 0 Å². The van der Waals surface area contributed by atoms with E-state index in [1.54, 1.807) is 4.90 Å². The van der Waals surface area contributed by atoms with Crippen LogP contribution >= 0.6 is 0 Å². The lowest BCUT2D eigenvalue weighted by atomic mass is 10.2. The average Bonchev–Trinajstić information content (AvgIpc) is 2.48. The monoisotopic (exact) mass is 289 g/mol. The Morgan fingerprint density at radius 2 is 1.33 bits per heavy atom. The first-order valence-corrected chi connectivity index (χ1v) is 6.94. The van der Waals surface area contributed by atoms with Crippen LogP contribution in [0.5, 0.6) is 0 Å². The van der Waals surface area contributed by atoms with Gasteiger partial charge < -0.3 is 15.5 Å². The van der Waals surface area contributed by atoms with Crippen LogP contribution in [-0.4, -0.2) is 26.2 Å². The summed E-state index contributed by atoms with van der Waals surface area (Å²) in [6.07, 6.45) is 0. The molecule has 5 heteroatoms. The maximum atomic E-state index is 13.9. The first-order chi connectivity index (χ1) is 10.1. The van der Waals surface area contributed by atoms with Gasteiger partial charge in [0.25, 0.3) is 0 Å². The second-order valence-corrected chi connectivity index (χ2v) is 5.14. The summed E-state index contributed by atoms with van der Waals surface area (Å²) in [5, 5.41) is 0. The molecule has 110 valence electrons. The topological polar surface area (TPSA) is 32.5 Å². The molecule has 2 aromatic rings. The lowest BCUT2D eigenvalue weighted by Crippen LogP contribution is -2.47. The first-order valence-electron chi connectivity index (χ1n) is 6.94. The molecule has 0 amide bonds. The van der Waals surface area contributed by atoms with E-state index in [9.17, 15) is 8.78 Å². The fourth-order valence-corrected chi connectivity index (χ4v) is 2.71. The summed E-state index contributed by atoms with van der Waals surface area (Å²) in [5.74, 6) is -1.19. The molecule has 0 aliphatic carbocycles. The molecule has 1 aliphatic heterocycles. The van der Waals surface area contributed by atoms with Gasteiger partial charge >= 0.3 is 0 Å². The molecular formula is C16H17F2N3. The van der Waals surface area contributed by atoms with Crippen LogP contribution in [0.25, 0.3) is 0 Å². The zero-order chi connectivity index (χ0) is 14.8. The van der Waals surface area contributed by atoms with Crippen LogP contribution in [0.1, 0.15) is 0 Å². The lowest BCUT2D eigenvalue weighted by molar-refractivity contribution is 0.557. The van der Waals surface area contributed by atoms with Crippen molar-refractivity contribution < 1.29 is 8.78 Å². The highest BCUT2D eigenvalue weighted by Crippen LogP contribution is 2.27. The number of anilines is 3. The lowest BCUT2D eigenvalue weighted by Gasteiger charge is -2.37. The minimum absolute atomic E-state index is 0.0249. The largest absolute Gasteiger partial charge is 0.399 e. The van der Waals surface area contributed by atoms with Gasteiger partial charge in [-0.1, -0.05) is 18.2 Å². The van der Waals surface area contributed by atoms with Crippen LogP contribution in [0.2, 0.25) is 0 Å². The summed E-state index contributed by atoms with van der Waals surface area (Å²) in [7, 11) is 0. The molecule has 2 aromatic carbocycles. The van der Waals surface area contributed by atoms with E-state index >= 15 is 0 Å². The molecule has 3 rings (SSSR count). The molecule has 0 spiro atoms. The van der Waals surface area contributed by atoms with Gasteiger partial charge in [0.2, 0.25) is 0 Å². The summed E-state index contributed by atoms with van der Waals surface area (Å²) in [4.78, 5) is 3.95. The fourth-order valence-electron chi connectivity index (χ4n) is 2.71. The van der Waals surface area contributed by atoms with E-state index in [1.165, 1.54) is 12.1 Å². The van der Waals surface area contributed by atoms with Crippen molar-refractivity contribution in [1.82, 2.24) is 0 Å². The van der Waals surface area contributed by atoms with E-state index < -0.39 is 11.6 Å². The van der Waals surface area contributed by atoms with Crippen molar-refractivity contribution in [3.05, 3.63) is 54.1 Å². The molecule has 0 radical (unpaired) electrons. The minimum atomic E-state index is -0.597. The Kier molecular flexibility index (Phi) is 3.64. The normalized spacial score (nSPS) is 15.3. The predicted molar refractivity (Wildman–Crippen MR) is 81.6 cm³/mol. The van der Waals surface area contributed by atoms with Gasteiger partial charge in [-0.15, -0.1) is 0 Å². The van der Waals surface area contributed by atoms with Crippen LogP contribution in [-0.2, 0) is 0 Å². The second kappa shape index (κ2) is 5.60. The van der Waals surface area contributed by atoms with Gasteiger partial charge in [0.15, 0.2) is 11.6 Å². The number of halogens is 2. The van der Waals surface area contributed by atoms with Crippen molar-refractivity contribution in [1.29, 1.82) is 0 Å². The Labute approximate surface area is 122 Å². The highest BCUT2D eigenvalue weighted by Gasteiger charge is 2.22. The zero-order valence-electron chi connectivity index (χ0n) is 11.6. The molecular weight excluding hydrogens is 272 g/mol. The number of piperazine rings is 1. The predicted octanol–water partition coefficient (Wildman–Crippen LogP) is 2.87. The molecule has 21 heavy (non-hydrogen) atoms. The number of hydrogen-bond acceptors (Lipinski definition) is 3. The van der Waals surface area contributed by atoms with Gasteiger partial charge in [0.05, 0.1) is 0 Å². The van der Waals surface area contributed by atoms with Gasteiger partial charge in [-0.25, -0.2) is 8.78 Å². The fraction of sp³-hybridized carbons (Fsp3) is 0.250. The Hall–Kier alpha value is -2.30. The molecule has 1 saturated heterocycles. The van der Waals surface area contributed by atoms with E-state index in [0.717, 1.165) is 18.8 Å². The standard InChI is InChI=1S/C16H17F2N3/c17-14-10-12(19)11-15(18)16(14)21-8-6-20(7-9-21)13-4-2-1-3-5-13/h1-5,10-11H,6-9,19H2. The minimum Gasteiger partial charge on any atom is -0.399 e. The number of hydrogen-bond donors (Lipinski definition) is 1. The maximum Gasteiger partial charge on any atom is 0.151 e. The molecule has 2 N–H and O–H groups in total. The SMILES string of the molecule is Nc1cc(F)c(N2CCN(c3ccccc3)CC2)c(F)c1. The number of nitrogens with zero attached hydrogens (tertiary/aromatic N) is 2. The molecule has 0 bridgehead atoms. The summed E-state index contributed by atoms with van der Waals surface area (Å²) >= 11 is 0. The molecule has 1 heterocycles. The molecule has 0 unspecified atom stereocenters. The first kappa shape index (κ1) is 13.7. The van der Waals surface area contributed by atoms with Crippen LogP contribution in [0.15, 0.2) is 42.5 Å². The molecule has 0 aromatic heterocycles. The number of rotatable bonds is 2. The molecule has 0 atom stereocenters. The van der Waals surface area contributed by atoms with Crippen molar-refractivity contribution in [3.63, 3.8) is 0 Å². The molecule has 0 saturated carbocycles. The summed E-state index contributed by atoms with van der Waals surface area (Å²) in [6.45, 7) is 2.61. The number of nitrogen functional groups attached to an aromatic ring is 1. The Balaban J connectivity index is 1.75. The van der Waals surface area contributed by atoms with E-state index in [4.69, 9.17) is 5.73 Å². The van der Waals surface area contributed by atoms with E-state index in [1.807, 2.05) is 30.3 Å². The van der Waals surface area contributed by atoms with Gasteiger partial charge in [-0.2, -0.15) is 0 Å². The van der Waals surface area contributed by atoms with Gasteiger partial charge in [0, 0.05) is 37.6 Å². The Bertz CT molecular complexity index is 600. The van der Waals surface area contributed by atoms with E-state index in [0.29, 0.717) is 13.1 Å². The van der Waals surface area contributed by atoms with Gasteiger partial charge in [-0.05, 0) is 24.3 Å². The molecule has 3 nitrogen and oxygen atoms in total. The molecule has 1 aliphatic rings. The summed E-state index contributed by atoms with van der Waals surface area (Å²) in [6, 6.07) is 12.4. The highest BCUT2D eigenvalue weighted by atomic mass is 19.1. The third kappa shape index (κ3) is 2.77. The van der Waals surface area contributed by atoms with Gasteiger partial charge in [-0.3, -0.25) is 0 Å². The highest BCUT2D eigenvalue weighted by molar-refractivity contribution is 5.57. The van der Waals surface area contributed by atoms with Crippen LogP contribution < -0.4 is 15.5 Å². The van der Waals surface area contributed by atoms with Crippen molar-refractivity contribution in [3.8, 4) is 0 Å². The zero-order valence-corrected chi connectivity index (χ0v) is 11.6. The summed E-state index contributed by atoms with van der Waals surface area (Å²) < 4.78 is 27.9. The van der Waals surface area contributed by atoms with E-state index in [-0.39, 0.29) is 11.4 Å². The Morgan fingerprint density at radius 1 is 0.810 bits per heavy atom. The van der Waals surface area contributed by atoms with Crippen molar-refractivity contribution in [2.45, 2.75) is 0 Å². The Morgan fingerprint density at radius 3 is 1.90 bits per heavy atom. The number of nitrogens with two attached hydrogens (primary N) is 1. The molecule has 1 fully saturated rings. The third-order valence-corrected chi connectivity index (χ3v) is 3.76. The van der Waals surface area contributed by atoms with E-state index in [2.05, 4.69) is 4.90 Å². The second-order valence-electron chi connectivity index (χ2n) is 5.14. The average molecular weight is 289 g/mol. The van der Waals surface area contributed by atoms with Crippen molar-refractivity contribution >= 4 is 17.1 Å². The van der Waals surface area contributed by atoms with Crippen LogP contribution in [0, 0.1) is 11.6 Å². The third-order valence-electron chi connectivity index (χ3n) is 3.76. The van der Waals surface area contributed by atoms with Crippen molar-refractivity contribution in [2.75, 3.05) is 41.7 Å². The maximum absolute atomic E-state index is 13.9. The quantitative estimate of drug-likeness (QED) is 0.863. The number of benzene rings is 2. The van der Waals surface area contributed by atoms with Crippen LogP contribution in [0.3, 0.4) is 0 Å². The van der Waals surface area contributed by atoms with Crippen LogP contribution in [0.4, 0.5) is 25.8 Å². The number of para-hydroxylation sites is 1. The smallest absolute Gasteiger partial charge is 0.151 e. The van der Waals surface area contributed by atoms with Gasteiger partial charge in [0.1, 0.15) is 5.69 Å².